The molecule has 4 aromatic carbocycles. The number of rotatable bonds is 0. The molecule has 0 fully saturated rings. The van der Waals surface area contributed by atoms with E-state index in [9.17, 15) is 0 Å². The summed E-state index contributed by atoms with van der Waals surface area (Å²) in [6.07, 6.45) is 0. The van der Waals surface area contributed by atoms with E-state index in [0.717, 1.165) is 44.5 Å². The van der Waals surface area contributed by atoms with Crippen LogP contribution in [0.15, 0.2) is 111 Å². The minimum absolute atomic E-state index is 0.813. The number of halogens is 2. The average Bonchev–Trinajstić information content (AvgIpc) is 2.99. The first-order chi connectivity index (χ1) is 21.0. The van der Waals surface area contributed by atoms with Crippen molar-refractivity contribution >= 4 is 42.8 Å². The quantitative estimate of drug-likeness (QED) is 0.132. The predicted octanol–water partition coefficient (Wildman–Crippen LogP) is 11.9. The summed E-state index contributed by atoms with van der Waals surface area (Å²) in [5, 5.41) is 0. The van der Waals surface area contributed by atoms with Gasteiger partial charge in [0.15, 0.2) is 0 Å². The van der Waals surface area contributed by atoms with Gasteiger partial charge in [0, 0.05) is 22.3 Å². The molecule has 0 bridgehead atoms. The Morgan fingerprint density at radius 3 is 0.909 bits per heavy atom. The number of hydrogen-bond acceptors (Lipinski definition) is 3. The summed E-state index contributed by atoms with van der Waals surface area (Å²) in [6, 6.07) is 31.8. The van der Waals surface area contributed by atoms with Crippen LogP contribution in [-0.4, -0.2) is 0 Å². The Labute approximate surface area is 270 Å². The first-order valence-electron chi connectivity index (χ1n) is 13.7. The number of aryl methyl sites for hydroxylation is 4. The monoisotopic (exact) mass is 665 g/mol. The van der Waals surface area contributed by atoms with Gasteiger partial charge in [-0.15, -0.1) is 0 Å². The summed E-state index contributed by atoms with van der Waals surface area (Å²) in [6.45, 7) is 8.13. The van der Waals surface area contributed by atoms with Gasteiger partial charge in [-0.25, -0.2) is 0 Å². The Morgan fingerprint density at radius 1 is 0.386 bits per heavy atom. The zero-order chi connectivity index (χ0) is 31.2. The Kier molecular flexibility index (Phi) is 9.81. The van der Waals surface area contributed by atoms with Crippen LogP contribution in [0.1, 0.15) is 44.5 Å². The molecule has 0 spiro atoms. The van der Waals surface area contributed by atoms with Crippen LogP contribution in [0.5, 0.6) is 0 Å². The van der Waals surface area contributed by atoms with Gasteiger partial charge >= 0.3 is 0 Å². The maximum absolute atomic E-state index is 6.92. The smallest absolute Gasteiger partial charge is 0.195 e. The summed E-state index contributed by atoms with van der Waals surface area (Å²) in [5.41, 5.74) is 21.1. The Morgan fingerprint density at radius 2 is 0.636 bits per heavy atom. The van der Waals surface area contributed by atoms with E-state index in [1.54, 1.807) is 0 Å². The van der Waals surface area contributed by atoms with E-state index < -0.39 is 20.3 Å². The highest BCUT2D eigenvalue weighted by Gasteiger charge is 2.32. The highest BCUT2D eigenvalue weighted by molar-refractivity contribution is 8.15. The maximum atomic E-state index is 6.92. The van der Waals surface area contributed by atoms with E-state index in [2.05, 4.69) is 46.3 Å². The molecular weight excluding hydrogens is 638 g/mol. The lowest BCUT2D eigenvalue weighted by molar-refractivity contribution is 1.46. The largest absolute Gasteiger partial charge is 0.256 e. The van der Waals surface area contributed by atoms with Crippen LogP contribution in [-0.2, 0) is 0 Å². The highest BCUT2D eigenvalue weighted by atomic mass is 35.9. The van der Waals surface area contributed by atoms with Crippen LogP contribution in [0.3, 0.4) is 0 Å². The molecule has 3 nitrogen and oxygen atoms in total. The molecule has 1 aliphatic heterocycles. The highest BCUT2D eigenvalue weighted by Crippen LogP contribution is 2.81. The third-order valence-corrected chi connectivity index (χ3v) is 16.4. The molecule has 0 aromatic heterocycles. The summed E-state index contributed by atoms with van der Waals surface area (Å²) < 4.78 is 14.8. The first-order valence-corrected chi connectivity index (χ1v) is 20.6. The van der Waals surface area contributed by atoms with Gasteiger partial charge in [0.25, 0.3) is 5.91 Å². The molecule has 0 saturated heterocycles. The Hall–Kier alpha value is -3.61. The van der Waals surface area contributed by atoms with E-state index in [-0.39, 0.29) is 0 Å². The topological polar surface area (TPSA) is 37.1 Å². The van der Waals surface area contributed by atoms with Gasteiger partial charge in [-0.3, -0.25) is 0 Å². The molecule has 0 N–H and O–H groups in total. The second-order valence-electron chi connectivity index (χ2n) is 10.3. The molecule has 0 aliphatic carbocycles. The molecule has 4 aromatic rings. The van der Waals surface area contributed by atoms with Gasteiger partial charge in [-0.05, 0) is 121 Å². The number of nitrogens with zero attached hydrogens (tertiary/aromatic N) is 3. The molecule has 1 heterocycles. The summed E-state index contributed by atoms with van der Waals surface area (Å²) >= 11 is 13.8. The van der Waals surface area contributed by atoms with Gasteiger partial charge in [0.05, 0.1) is 0 Å². The molecule has 216 valence electrons. The molecule has 0 unspecified atom stereocenters. The van der Waals surface area contributed by atoms with E-state index in [0.29, 0.717) is 0 Å². The molecule has 0 atom stereocenters. The van der Waals surface area contributed by atoms with Crippen molar-refractivity contribution in [3.8, 4) is 46.3 Å². The number of hydrogen-bond donors (Lipinski definition) is 0. The SMILES string of the molecule is Cc1ccc(C#CP2(C#Cc3ccc(C)cc3)=NP(Cl)(Cl)=NP(C#Cc3ccc(C)cc3)(C#Cc3ccc(C)cc3)=N2)cc1. The fourth-order valence-corrected chi connectivity index (χ4v) is 15.5. The number of benzene rings is 4. The zero-order valence-electron chi connectivity index (χ0n) is 24.7. The molecular formula is C36H28Cl2N3P3. The summed E-state index contributed by atoms with van der Waals surface area (Å²) in [5.74, 6) is 9.71. The summed E-state index contributed by atoms with van der Waals surface area (Å²) in [4.78, 5) is 0. The maximum Gasteiger partial charge on any atom is 0.256 e. The van der Waals surface area contributed by atoms with E-state index >= 15 is 0 Å². The summed E-state index contributed by atoms with van der Waals surface area (Å²) in [7, 11) is -6.36. The fraction of sp³-hybridized carbons (Fsp3) is 0.111. The lowest BCUT2D eigenvalue weighted by atomic mass is 10.2. The molecule has 0 radical (unpaired) electrons. The third kappa shape index (κ3) is 8.73. The van der Waals surface area contributed by atoms with Crippen molar-refractivity contribution < 1.29 is 0 Å². The average molecular weight is 666 g/mol. The minimum Gasteiger partial charge on any atom is -0.195 e. The second kappa shape index (κ2) is 13.6. The molecule has 0 saturated carbocycles. The standard InChI is InChI=1S/C36H28Cl2N3P3/c1-29-5-13-33(14-6-29)21-25-42(26-22-34-15-7-30(2)8-16-34)39-43(41-44(37,38)40-42,27-23-35-17-9-31(3)10-18-35)28-24-36-19-11-32(4)12-20-36/h5-20H,1-4H3. The Balaban J connectivity index is 1.80. The third-order valence-electron chi connectivity index (χ3n) is 6.36. The molecule has 8 heteroatoms. The van der Waals surface area contributed by atoms with Crippen LogP contribution in [0.2, 0.25) is 0 Å². The molecule has 5 rings (SSSR count). The van der Waals surface area contributed by atoms with Crippen molar-refractivity contribution in [2.45, 2.75) is 27.7 Å². The van der Waals surface area contributed by atoms with E-state index in [1.165, 1.54) is 0 Å². The molecule has 1 aliphatic rings. The van der Waals surface area contributed by atoms with Crippen molar-refractivity contribution in [1.29, 1.82) is 0 Å². The van der Waals surface area contributed by atoms with Crippen LogP contribution in [0, 0.1) is 74.0 Å². The van der Waals surface area contributed by atoms with Gasteiger partial charge in [-0.1, -0.05) is 94.5 Å². The van der Waals surface area contributed by atoms with Crippen LogP contribution < -0.4 is 0 Å². The van der Waals surface area contributed by atoms with Crippen molar-refractivity contribution in [1.82, 2.24) is 0 Å². The zero-order valence-corrected chi connectivity index (χ0v) is 28.9. The van der Waals surface area contributed by atoms with Gasteiger partial charge < -0.3 is 0 Å². The lowest BCUT2D eigenvalue weighted by Gasteiger charge is -2.20. The van der Waals surface area contributed by atoms with Gasteiger partial charge in [-0.2, -0.15) is 13.5 Å². The van der Waals surface area contributed by atoms with E-state index in [1.807, 2.05) is 125 Å². The predicted molar refractivity (Wildman–Crippen MR) is 192 cm³/mol. The second-order valence-corrected chi connectivity index (χ2v) is 20.0. The lowest BCUT2D eigenvalue weighted by Crippen LogP contribution is -1.83. The Bertz CT molecular complexity index is 1880. The molecule has 44 heavy (non-hydrogen) atoms. The van der Waals surface area contributed by atoms with Crippen LogP contribution in [0.25, 0.3) is 0 Å². The minimum atomic E-state index is -3.31. The normalized spacial score (nSPS) is 15.0. The van der Waals surface area contributed by atoms with Crippen molar-refractivity contribution in [3.05, 3.63) is 142 Å². The van der Waals surface area contributed by atoms with Gasteiger partial charge in [0.2, 0.25) is 14.4 Å². The molecule has 0 amide bonds. The first kappa shape index (κ1) is 31.8. The van der Waals surface area contributed by atoms with Crippen molar-refractivity contribution in [3.63, 3.8) is 0 Å². The van der Waals surface area contributed by atoms with Crippen LogP contribution >= 0.6 is 42.8 Å². The van der Waals surface area contributed by atoms with Crippen molar-refractivity contribution in [2.24, 2.45) is 13.5 Å². The fourth-order valence-electron chi connectivity index (χ4n) is 3.90. The van der Waals surface area contributed by atoms with Gasteiger partial charge in [0.1, 0.15) is 0 Å². The van der Waals surface area contributed by atoms with Crippen molar-refractivity contribution in [2.75, 3.05) is 0 Å². The van der Waals surface area contributed by atoms with E-state index in [4.69, 9.17) is 36.0 Å². The van der Waals surface area contributed by atoms with Crippen LogP contribution in [0.4, 0.5) is 0 Å².